The Balaban J connectivity index is 2.01. The van der Waals surface area contributed by atoms with E-state index in [1.54, 1.807) is 6.92 Å². The molecule has 2 atom stereocenters. The summed E-state index contributed by atoms with van der Waals surface area (Å²) in [5.41, 5.74) is 1.05. The molecule has 2 N–H and O–H groups in total. The average Bonchev–Trinajstić information content (AvgIpc) is 3.07. The van der Waals surface area contributed by atoms with Crippen LogP contribution in [0.4, 0.5) is 0 Å². The largest absolute Gasteiger partial charge is 0.481 e. The summed E-state index contributed by atoms with van der Waals surface area (Å²) < 4.78 is 1.46. The molecule has 1 amide bonds. The monoisotopic (exact) mass is 316 g/mol. The van der Waals surface area contributed by atoms with Crippen LogP contribution in [0.3, 0.4) is 0 Å². The molecule has 2 unspecified atom stereocenters. The van der Waals surface area contributed by atoms with Gasteiger partial charge in [-0.1, -0.05) is 30.3 Å². The molecule has 0 fully saturated rings. The number of carbonyl (C=O) groups is 2. The van der Waals surface area contributed by atoms with Crippen LogP contribution in [-0.2, 0) is 16.0 Å². The Bertz CT molecular complexity index is 628. The Morgan fingerprint density at radius 2 is 2.04 bits per heavy atom. The number of carboxylic acids is 1. The Morgan fingerprint density at radius 1 is 1.30 bits per heavy atom. The van der Waals surface area contributed by atoms with Crippen LogP contribution in [0.15, 0.2) is 43.0 Å². The van der Waals surface area contributed by atoms with Crippen molar-refractivity contribution in [2.75, 3.05) is 0 Å². The Labute approximate surface area is 134 Å². The molecule has 0 aliphatic carbocycles. The van der Waals surface area contributed by atoms with Crippen LogP contribution in [0.2, 0.25) is 0 Å². The lowest BCUT2D eigenvalue weighted by molar-refractivity contribution is -0.137. The molecule has 0 saturated carbocycles. The third kappa shape index (κ3) is 5.21. The predicted molar refractivity (Wildman–Crippen MR) is 83.7 cm³/mol. The van der Waals surface area contributed by atoms with Gasteiger partial charge in [0.2, 0.25) is 5.91 Å². The fourth-order valence-corrected chi connectivity index (χ4v) is 2.28. The minimum Gasteiger partial charge on any atom is -0.481 e. The first kappa shape index (κ1) is 16.7. The third-order valence-corrected chi connectivity index (χ3v) is 3.59. The van der Waals surface area contributed by atoms with Crippen molar-refractivity contribution in [1.82, 2.24) is 20.1 Å². The highest BCUT2D eigenvalue weighted by Crippen LogP contribution is 2.10. The van der Waals surface area contributed by atoms with E-state index in [1.807, 2.05) is 30.3 Å². The summed E-state index contributed by atoms with van der Waals surface area (Å²) in [6, 6.07) is 8.93. The van der Waals surface area contributed by atoms with Gasteiger partial charge in [-0.25, -0.2) is 9.67 Å². The number of hydrogen-bond acceptors (Lipinski definition) is 4. The van der Waals surface area contributed by atoms with Crippen molar-refractivity contribution in [3.8, 4) is 0 Å². The number of amides is 1. The molecular formula is C16H20N4O3. The summed E-state index contributed by atoms with van der Waals surface area (Å²) in [6.07, 6.45) is 3.82. The van der Waals surface area contributed by atoms with E-state index in [-0.39, 0.29) is 18.4 Å². The zero-order valence-corrected chi connectivity index (χ0v) is 12.9. The number of hydrogen-bond donors (Lipinski definition) is 2. The summed E-state index contributed by atoms with van der Waals surface area (Å²) in [4.78, 5) is 27.0. The van der Waals surface area contributed by atoms with Crippen molar-refractivity contribution in [3.05, 3.63) is 48.5 Å². The number of benzene rings is 1. The van der Waals surface area contributed by atoms with Crippen LogP contribution >= 0.6 is 0 Å². The molecule has 1 aromatic heterocycles. The van der Waals surface area contributed by atoms with Crippen molar-refractivity contribution < 1.29 is 14.7 Å². The van der Waals surface area contributed by atoms with E-state index >= 15 is 0 Å². The first-order valence-corrected chi connectivity index (χ1v) is 7.46. The summed E-state index contributed by atoms with van der Waals surface area (Å²) in [5.74, 6) is -1.08. The minimum absolute atomic E-state index is 0.00941. The normalized spacial score (nSPS) is 13.3. The van der Waals surface area contributed by atoms with E-state index in [1.165, 1.54) is 17.3 Å². The molecule has 7 nitrogen and oxygen atoms in total. The van der Waals surface area contributed by atoms with E-state index < -0.39 is 12.0 Å². The quantitative estimate of drug-likeness (QED) is 0.768. The van der Waals surface area contributed by atoms with Crippen molar-refractivity contribution in [2.24, 2.45) is 0 Å². The van der Waals surface area contributed by atoms with Gasteiger partial charge in [0.25, 0.3) is 0 Å². The van der Waals surface area contributed by atoms with Gasteiger partial charge < -0.3 is 10.4 Å². The lowest BCUT2D eigenvalue weighted by Crippen LogP contribution is -2.40. The van der Waals surface area contributed by atoms with Gasteiger partial charge in [-0.05, 0) is 25.3 Å². The second-order valence-corrected chi connectivity index (χ2v) is 5.38. The van der Waals surface area contributed by atoms with Crippen molar-refractivity contribution in [1.29, 1.82) is 0 Å². The third-order valence-electron chi connectivity index (χ3n) is 3.59. The lowest BCUT2D eigenvalue weighted by Gasteiger charge is -2.21. The summed E-state index contributed by atoms with van der Waals surface area (Å²) in [7, 11) is 0. The number of nitrogens with zero attached hydrogens (tertiary/aromatic N) is 3. The SMILES string of the molecule is CC(C(=O)NC(CCC(=O)O)Cc1ccccc1)n1cncn1. The van der Waals surface area contributed by atoms with Gasteiger partial charge in [0, 0.05) is 12.5 Å². The van der Waals surface area contributed by atoms with Crippen LogP contribution in [-0.4, -0.2) is 37.8 Å². The molecule has 0 aliphatic heterocycles. The molecule has 1 heterocycles. The molecule has 7 heteroatoms. The number of carboxylic acid groups (broad SMARTS) is 1. The lowest BCUT2D eigenvalue weighted by atomic mass is 10.0. The number of nitrogens with one attached hydrogen (secondary N) is 1. The predicted octanol–water partition coefficient (Wildman–Crippen LogP) is 1.43. The first-order chi connectivity index (χ1) is 11.1. The highest BCUT2D eigenvalue weighted by molar-refractivity contribution is 5.80. The molecule has 0 saturated heterocycles. The van der Waals surface area contributed by atoms with E-state index in [0.717, 1.165) is 5.56 Å². The number of aliphatic carboxylic acids is 1. The van der Waals surface area contributed by atoms with Gasteiger partial charge in [0.1, 0.15) is 18.7 Å². The number of rotatable bonds is 8. The maximum absolute atomic E-state index is 12.3. The smallest absolute Gasteiger partial charge is 0.303 e. The molecule has 23 heavy (non-hydrogen) atoms. The van der Waals surface area contributed by atoms with Gasteiger partial charge in [-0.15, -0.1) is 0 Å². The molecule has 2 aromatic rings. The van der Waals surface area contributed by atoms with Crippen LogP contribution in [0.25, 0.3) is 0 Å². The van der Waals surface area contributed by atoms with Crippen molar-refractivity contribution >= 4 is 11.9 Å². The fraction of sp³-hybridized carbons (Fsp3) is 0.375. The van der Waals surface area contributed by atoms with Crippen LogP contribution in [0.5, 0.6) is 0 Å². The molecule has 0 spiro atoms. The molecule has 0 radical (unpaired) electrons. The molecule has 122 valence electrons. The van der Waals surface area contributed by atoms with Gasteiger partial charge in [0.05, 0.1) is 0 Å². The molecule has 0 aliphatic rings. The van der Waals surface area contributed by atoms with Gasteiger partial charge in [0.15, 0.2) is 0 Å². The minimum atomic E-state index is -0.873. The van der Waals surface area contributed by atoms with Gasteiger partial charge >= 0.3 is 5.97 Å². The summed E-state index contributed by atoms with van der Waals surface area (Å²) >= 11 is 0. The van der Waals surface area contributed by atoms with E-state index in [4.69, 9.17) is 5.11 Å². The maximum atomic E-state index is 12.3. The zero-order valence-electron chi connectivity index (χ0n) is 12.9. The zero-order chi connectivity index (χ0) is 16.7. The molecular weight excluding hydrogens is 296 g/mol. The number of carbonyl (C=O) groups excluding carboxylic acids is 1. The van der Waals surface area contributed by atoms with Crippen LogP contribution in [0.1, 0.15) is 31.4 Å². The second-order valence-electron chi connectivity index (χ2n) is 5.38. The van der Waals surface area contributed by atoms with E-state index in [0.29, 0.717) is 12.8 Å². The van der Waals surface area contributed by atoms with Gasteiger partial charge in [-0.3, -0.25) is 9.59 Å². The molecule has 1 aromatic carbocycles. The van der Waals surface area contributed by atoms with Crippen molar-refractivity contribution in [2.45, 2.75) is 38.3 Å². The van der Waals surface area contributed by atoms with Crippen molar-refractivity contribution in [3.63, 3.8) is 0 Å². The summed E-state index contributed by atoms with van der Waals surface area (Å²) in [5, 5.41) is 15.8. The summed E-state index contributed by atoms with van der Waals surface area (Å²) in [6.45, 7) is 1.72. The molecule has 2 rings (SSSR count). The highest BCUT2D eigenvalue weighted by atomic mass is 16.4. The van der Waals surface area contributed by atoms with Gasteiger partial charge in [-0.2, -0.15) is 5.10 Å². The van der Waals surface area contributed by atoms with E-state index in [2.05, 4.69) is 15.4 Å². The fourth-order valence-electron chi connectivity index (χ4n) is 2.28. The van der Waals surface area contributed by atoms with E-state index in [9.17, 15) is 9.59 Å². The standard InChI is InChI=1S/C16H20N4O3/c1-12(20-11-17-10-18-20)16(23)19-14(7-8-15(21)22)9-13-5-3-2-4-6-13/h2-6,10-12,14H,7-9H2,1H3,(H,19,23)(H,21,22). The maximum Gasteiger partial charge on any atom is 0.303 e. The highest BCUT2D eigenvalue weighted by Gasteiger charge is 2.20. The topological polar surface area (TPSA) is 97.1 Å². The molecule has 0 bridgehead atoms. The first-order valence-electron chi connectivity index (χ1n) is 7.46. The Kier molecular flexibility index (Phi) is 5.85. The number of aromatic nitrogens is 3. The Hall–Kier alpha value is -2.70. The average molecular weight is 316 g/mol. The van der Waals surface area contributed by atoms with Crippen LogP contribution < -0.4 is 5.32 Å². The second kappa shape index (κ2) is 8.07. The Morgan fingerprint density at radius 3 is 2.65 bits per heavy atom. The van der Waals surface area contributed by atoms with Crippen LogP contribution in [0, 0.1) is 0 Å².